The first-order valence-electron chi connectivity index (χ1n) is 4.68. The minimum absolute atomic E-state index is 0.210. The molecule has 0 bridgehead atoms. The van der Waals surface area contributed by atoms with Crippen LogP contribution in [-0.2, 0) is 14.5 Å². The number of aryl methyl sites for hydroxylation is 1. The van der Waals surface area contributed by atoms with E-state index < -0.39 is 9.05 Å². The highest BCUT2D eigenvalue weighted by Crippen LogP contribution is 2.31. The van der Waals surface area contributed by atoms with E-state index in [2.05, 4.69) is 0 Å². The Morgan fingerprint density at radius 1 is 1.20 bits per heavy atom. The normalized spacial score (nSPS) is 12.9. The van der Waals surface area contributed by atoms with E-state index in [9.17, 15) is 8.42 Å². The van der Waals surface area contributed by atoms with E-state index in [0.29, 0.717) is 0 Å². The maximum atomic E-state index is 11.4. The molecular weight excluding hydrogens is 232 g/mol. The minimum Gasteiger partial charge on any atom is -0.207 e. The minimum atomic E-state index is -3.66. The molecule has 1 aromatic carbocycles. The van der Waals surface area contributed by atoms with Crippen molar-refractivity contribution in [3.05, 3.63) is 29.3 Å². The Balaban J connectivity index is 3.55. The second kappa shape index (κ2) is 3.80. The van der Waals surface area contributed by atoms with Crippen LogP contribution < -0.4 is 0 Å². The van der Waals surface area contributed by atoms with Crippen LogP contribution in [0.15, 0.2) is 23.1 Å². The quantitative estimate of drug-likeness (QED) is 0.713. The van der Waals surface area contributed by atoms with Gasteiger partial charge in [0.05, 0.1) is 4.90 Å². The van der Waals surface area contributed by atoms with Crippen molar-refractivity contribution in [1.82, 2.24) is 0 Å². The summed E-state index contributed by atoms with van der Waals surface area (Å²) in [6, 6.07) is 5.19. The molecule has 0 fully saturated rings. The van der Waals surface area contributed by atoms with Gasteiger partial charge in [-0.15, -0.1) is 0 Å². The van der Waals surface area contributed by atoms with Crippen molar-refractivity contribution in [3.8, 4) is 0 Å². The third-order valence-electron chi connectivity index (χ3n) is 2.21. The summed E-state index contributed by atoms with van der Waals surface area (Å²) in [5.74, 6) is 0. The molecule has 0 heterocycles. The Kier molecular flexibility index (Phi) is 3.17. The van der Waals surface area contributed by atoms with Crippen molar-refractivity contribution in [2.24, 2.45) is 0 Å². The molecule has 0 unspecified atom stereocenters. The average Bonchev–Trinajstić information content (AvgIpc) is 2.00. The predicted molar refractivity (Wildman–Crippen MR) is 62.9 cm³/mol. The molecule has 0 aliphatic rings. The fourth-order valence-electron chi connectivity index (χ4n) is 1.44. The largest absolute Gasteiger partial charge is 0.261 e. The molecule has 0 radical (unpaired) electrons. The van der Waals surface area contributed by atoms with Crippen molar-refractivity contribution in [3.63, 3.8) is 0 Å². The zero-order valence-corrected chi connectivity index (χ0v) is 10.9. The van der Waals surface area contributed by atoms with Crippen LogP contribution in [-0.4, -0.2) is 8.42 Å². The zero-order valence-electron chi connectivity index (χ0n) is 9.33. The summed E-state index contributed by atoms with van der Waals surface area (Å²) in [6.07, 6.45) is 0. The van der Waals surface area contributed by atoms with Crippen LogP contribution in [0, 0.1) is 6.92 Å². The van der Waals surface area contributed by atoms with Crippen LogP contribution in [0.25, 0.3) is 0 Å². The van der Waals surface area contributed by atoms with Gasteiger partial charge in [0.15, 0.2) is 0 Å². The van der Waals surface area contributed by atoms with Crippen LogP contribution >= 0.6 is 10.7 Å². The third-order valence-corrected chi connectivity index (χ3v) is 3.59. The summed E-state index contributed by atoms with van der Waals surface area (Å²) < 4.78 is 22.8. The topological polar surface area (TPSA) is 34.1 Å². The molecule has 1 rings (SSSR count). The molecule has 15 heavy (non-hydrogen) atoms. The van der Waals surface area contributed by atoms with Crippen molar-refractivity contribution < 1.29 is 8.42 Å². The lowest BCUT2D eigenvalue weighted by Crippen LogP contribution is -2.15. The molecule has 0 amide bonds. The molecule has 1 aromatic rings. The van der Waals surface area contributed by atoms with Gasteiger partial charge < -0.3 is 0 Å². The smallest absolute Gasteiger partial charge is 0.207 e. The zero-order chi connectivity index (χ0) is 11.9. The molecule has 0 aliphatic carbocycles. The number of halogens is 1. The van der Waals surface area contributed by atoms with Crippen LogP contribution in [0.2, 0.25) is 0 Å². The highest BCUT2D eigenvalue weighted by Gasteiger charge is 2.24. The Bertz CT molecular complexity index is 470. The van der Waals surface area contributed by atoms with E-state index in [1.807, 2.05) is 33.8 Å². The monoisotopic (exact) mass is 246 g/mol. The lowest BCUT2D eigenvalue weighted by molar-refractivity contribution is 0.566. The molecule has 0 spiro atoms. The number of benzene rings is 1. The van der Waals surface area contributed by atoms with E-state index in [4.69, 9.17) is 10.7 Å². The molecule has 0 saturated carbocycles. The first kappa shape index (κ1) is 12.5. The standard InChI is InChI=1S/C11H15ClO2S/c1-8-5-6-10(15(12,13)14)9(7-8)11(2,3)4/h5-7H,1-4H3. The van der Waals surface area contributed by atoms with Crippen LogP contribution in [0.4, 0.5) is 0 Å². The highest BCUT2D eigenvalue weighted by atomic mass is 35.7. The van der Waals surface area contributed by atoms with Crippen LogP contribution in [0.3, 0.4) is 0 Å². The molecular formula is C11H15ClO2S. The van der Waals surface area contributed by atoms with Crippen LogP contribution in [0.1, 0.15) is 31.9 Å². The van der Waals surface area contributed by atoms with Gasteiger partial charge in [0.1, 0.15) is 0 Å². The summed E-state index contributed by atoms with van der Waals surface area (Å²) in [5.41, 5.74) is 1.56. The van der Waals surface area contributed by atoms with Gasteiger partial charge >= 0.3 is 0 Å². The summed E-state index contributed by atoms with van der Waals surface area (Å²) in [7, 11) is 1.73. The average molecular weight is 247 g/mol. The summed E-state index contributed by atoms with van der Waals surface area (Å²) in [6.45, 7) is 7.83. The predicted octanol–water partition coefficient (Wildman–Crippen LogP) is 3.22. The lowest BCUT2D eigenvalue weighted by atomic mass is 9.86. The summed E-state index contributed by atoms with van der Waals surface area (Å²) >= 11 is 0. The lowest BCUT2D eigenvalue weighted by Gasteiger charge is -2.22. The molecule has 0 aliphatic heterocycles. The van der Waals surface area contributed by atoms with Crippen LogP contribution in [0.5, 0.6) is 0 Å². The fourth-order valence-corrected chi connectivity index (χ4v) is 2.70. The van der Waals surface area contributed by atoms with E-state index in [0.717, 1.165) is 11.1 Å². The maximum Gasteiger partial charge on any atom is 0.261 e. The van der Waals surface area contributed by atoms with Gasteiger partial charge in [0.2, 0.25) is 0 Å². The van der Waals surface area contributed by atoms with Crippen molar-refractivity contribution in [2.75, 3.05) is 0 Å². The molecule has 2 nitrogen and oxygen atoms in total. The first-order chi connectivity index (χ1) is 6.62. The van der Waals surface area contributed by atoms with E-state index in [1.165, 1.54) is 0 Å². The third kappa shape index (κ3) is 2.95. The first-order valence-corrected chi connectivity index (χ1v) is 6.99. The van der Waals surface area contributed by atoms with Crippen molar-refractivity contribution in [1.29, 1.82) is 0 Å². The number of rotatable bonds is 1. The Morgan fingerprint density at radius 2 is 1.73 bits per heavy atom. The van der Waals surface area contributed by atoms with E-state index >= 15 is 0 Å². The summed E-state index contributed by atoms with van der Waals surface area (Å²) in [5, 5.41) is 0. The molecule has 0 atom stereocenters. The summed E-state index contributed by atoms with van der Waals surface area (Å²) in [4.78, 5) is 0.210. The molecule has 0 saturated heterocycles. The van der Waals surface area contributed by atoms with Gasteiger partial charge in [-0.05, 0) is 24.0 Å². The van der Waals surface area contributed by atoms with Gasteiger partial charge in [-0.25, -0.2) is 8.42 Å². The second-order valence-electron chi connectivity index (χ2n) is 4.69. The number of hydrogen-bond donors (Lipinski definition) is 0. The Hall–Kier alpha value is -0.540. The van der Waals surface area contributed by atoms with Gasteiger partial charge in [0, 0.05) is 10.7 Å². The fraction of sp³-hybridized carbons (Fsp3) is 0.455. The highest BCUT2D eigenvalue weighted by molar-refractivity contribution is 8.13. The maximum absolute atomic E-state index is 11.4. The van der Waals surface area contributed by atoms with Gasteiger partial charge in [-0.3, -0.25) is 0 Å². The Labute approximate surface area is 95.7 Å². The van der Waals surface area contributed by atoms with Crippen molar-refractivity contribution >= 4 is 19.7 Å². The van der Waals surface area contributed by atoms with Gasteiger partial charge in [-0.1, -0.05) is 38.5 Å². The van der Waals surface area contributed by atoms with E-state index in [1.54, 1.807) is 12.1 Å². The van der Waals surface area contributed by atoms with Crippen molar-refractivity contribution in [2.45, 2.75) is 38.0 Å². The molecule has 4 heteroatoms. The second-order valence-corrected chi connectivity index (χ2v) is 7.22. The Morgan fingerprint density at radius 3 is 2.13 bits per heavy atom. The van der Waals surface area contributed by atoms with Gasteiger partial charge in [0.25, 0.3) is 9.05 Å². The number of hydrogen-bond acceptors (Lipinski definition) is 2. The molecule has 84 valence electrons. The molecule has 0 N–H and O–H groups in total. The molecule has 0 aromatic heterocycles. The SMILES string of the molecule is Cc1ccc(S(=O)(=O)Cl)c(C(C)(C)C)c1. The van der Waals surface area contributed by atoms with Gasteiger partial charge in [-0.2, -0.15) is 0 Å². The van der Waals surface area contributed by atoms with E-state index in [-0.39, 0.29) is 10.3 Å².